The molecule has 0 radical (unpaired) electrons. The van der Waals surface area contributed by atoms with E-state index in [0.717, 1.165) is 22.6 Å². The van der Waals surface area contributed by atoms with Crippen molar-refractivity contribution in [1.29, 1.82) is 0 Å². The minimum absolute atomic E-state index is 0.147. The van der Waals surface area contributed by atoms with Gasteiger partial charge in [0.1, 0.15) is 5.75 Å². The fourth-order valence-corrected chi connectivity index (χ4v) is 3.37. The van der Waals surface area contributed by atoms with Crippen molar-refractivity contribution >= 4 is 17.6 Å². The number of hydrogen-bond donors (Lipinski definition) is 2. The summed E-state index contributed by atoms with van der Waals surface area (Å²) >= 11 is 0. The number of ether oxygens (including phenoxy) is 3. The lowest BCUT2D eigenvalue weighted by Gasteiger charge is -2.13. The summed E-state index contributed by atoms with van der Waals surface area (Å²) < 4.78 is 17.8. The first-order chi connectivity index (χ1) is 15.4. The third-order valence-corrected chi connectivity index (χ3v) is 5.25. The molecule has 2 aromatic carbocycles. The molecule has 2 N–H and O–H groups in total. The van der Waals surface area contributed by atoms with Gasteiger partial charge >= 0.3 is 0 Å². The maximum absolute atomic E-state index is 12.9. The van der Waals surface area contributed by atoms with E-state index in [9.17, 15) is 4.79 Å². The van der Waals surface area contributed by atoms with Gasteiger partial charge in [0.15, 0.2) is 11.5 Å². The zero-order valence-electron chi connectivity index (χ0n) is 18.4. The van der Waals surface area contributed by atoms with Gasteiger partial charge in [-0.3, -0.25) is 14.8 Å². The van der Waals surface area contributed by atoms with E-state index in [4.69, 9.17) is 14.2 Å². The molecule has 4 rings (SSSR count). The number of benzene rings is 2. The third kappa shape index (κ3) is 4.51. The summed E-state index contributed by atoms with van der Waals surface area (Å²) in [5, 5.41) is 10.5. The fraction of sp³-hybridized carbons (Fsp3) is 0.261. The summed E-state index contributed by atoms with van der Waals surface area (Å²) in [5.74, 6) is 1.84. The normalized spacial score (nSPS) is 12.6. The van der Waals surface area contributed by atoms with Gasteiger partial charge in [0, 0.05) is 35.6 Å². The Kier molecular flexibility index (Phi) is 5.98. The molecular formula is C23H25N5O4. The smallest absolute Gasteiger partial charge is 0.258 e. The van der Waals surface area contributed by atoms with Gasteiger partial charge in [0.2, 0.25) is 12.8 Å². The largest absolute Gasteiger partial charge is 0.497 e. The second-order valence-corrected chi connectivity index (χ2v) is 7.32. The maximum Gasteiger partial charge on any atom is 0.258 e. The number of aromatic nitrogens is 2. The summed E-state index contributed by atoms with van der Waals surface area (Å²) in [6, 6.07) is 12.4. The van der Waals surface area contributed by atoms with E-state index in [0.29, 0.717) is 35.3 Å². The number of nitrogens with one attached hydrogen (secondary N) is 2. The minimum Gasteiger partial charge on any atom is -0.497 e. The molecule has 1 aliphatic rings. The highest BCUT2D eigenvalue weighted by molar-refractivity contribution is 6.10. The Bertz CT molecular complexity index is 1190. The number of nitrogens with zero attached hydrogens (tertiary/aromatic N) is 3. The molecule has 3 aromatic rings. The second-order valence-electron chi connectivity index (χ2n) is 7.32. The Hall–Kier alpha value is -4.01. The van der Waals surface area contributed by atoms with Crippen molar-refractivity contribution in [2.75, 3.05) is 19.2 Å². The van der Waals surface area contributed by atoms with Crippen LogP contribution in [-0.2, 0) is 13.6 Å². The molecule has 1 aliphatic heterocycles. The van der Waals surface area contributed by atoms with Crippen LogP contribution in [-0.4, -0.2) is 35.5 Å². The predicted octanol–water partition coefficient (Wildman–Crippen LogP) is 3.17. The molecular weight excluding hydrogens is 410 g/mol. The summed E-state index contributed by atoms with van der Waals surface area (Å²) in [4.78, 5) is 17.6. The van der Waals surface area contributed by atoms with Crippen molar-refractivity contribution in [3.8, 4) is 17.2 Å². The van der Waals surface area contributed by atoms with Crippen molar-refractivity contribution in [3.63, 3.8) is 0 Å². The van der Waals surface area contributed by atoms with Crippen molar-refractivity contribution in [3.05, 3.63) is 65.0 Å². The lowest BCUT2D eigenvalue weighted by Crippen LogP contribution is -2.36. The molecule has 0 unspecified atom stereocenters. The number of amides is 1. The highest BCUT2D eigenvalue weighted by Crippen LogP contribution is 2.32. The van der Waals surface area contributed by atoms with Crippen LogP contribution in [0.25, 0.3) is 0 Å². The monoisotopic (exact) mass is 435 g/mol. The molecule has 166 valence electrons. The maximum atomic E-state index is 12.9. The number of aliphatic imine (C=N–C) groups is 1. The van der Waals surface area contributed by atoms with Gasteiger partial charge in [-0.05, 0) is 44.2 Å². The van der Waals surface area contributed by atoms with E-state index in [1.54, 1.807) is 25.3 Å². The molecule has 0 fully saturated rings. The Labute approximate surface area is 186 Å². The van der Waals surface area contributed by atoms with Crippen LogP contribution in [0.3, 0.4) is 0 Å². The number of aryl methyl sites for hydroxylation is 2. The standard InChI is InChI=1S/C23H25N5O4/c1-14-19(15(2)28(3)27-14)12-24-23(25-17-6-5-7-18(11-17)30-4)26-22(29)16-8-9-20-21(10-16)32-13-31-20/h5-11H,12-13H2,1-4H3,(H2,24,25,26,29). The molecule has 2 heterocycles. The molecule has 0 atom stereocenters. The molecule has 0 spiro atoms. The number of carbonyl (C=O) groups excluding carboxylic acids is 1. The Morgan fingerprint density at radius 2 is 2.00 bits per heavy atom. The van der Waals surface area contributed by atoms with Crippen LogP contribution >= 0.6 is 0 Å². The first-order valence-corrected chi connectivity index (χ1v) is 10.1. The van der Waals surface area contributed by atoms with Crippen molar-refractivity contribution in [1.82, 2.24) is 15.1 Å². The minimum atomic E-state index is -0.322. The SMILES string of the molecule is COc1cccc(NC(=NCc2c(C)nn(C)c2C)NC(=O)c2ccc3c(c2)OCO3)c1. The summed E-state index contributed by atoms with van der Waals surface area (Å²) in [6.07, 6.45) is 0. The quantitative estimate of drug-likeness (QED) is 0.472. The molecule has 0 saturated carbocycles. The Morgan fingerprint density at radius 3 is 2.75 bits per heavy atom. The molecule has 9 nitrogen and oxygen atoms in total. The van der Waals surface area contributed by atoms with Crippen LogP contribution in [0.2, 0.25) is 0 Å². The van der Waals surface area contributed by atoms with Crippen molar-refractivity contribution in [2.45, 2.75) is 20.4 Å². The van der Waals surface area contributed by atoms with Gasteiger partial charge < -0.3 is 19.5 Å². The van der Waals surface area contributed by atoms with Crippen LogP contribution in [0.4, 0.5) is 5.69 Å². The molecule has 1 amide bonds. The van der Waals surface area contributed by atoms with E-state index in [-0.39, 0.29) is 12.7 Å². The number of guanidine groups is 1. The van der Waals surface area contributed by atoms with Crippen LogP contribution < -0.4 is 24.8 Å². The molecule has 32 heavy (non-hydrogen) atoms. The van der Waals surface area contributed by atoms with E-state index < -0.39 is 0 Å². The van der Waals surface area contributed by atoms with E-state index in [1.165, 1.54) is 0 Å². The number of fused-ring (bicyclic) bond motifs is 1. The van der Waals surface area contributed by atoms with Gasteiger partial charge in [-0.1, -0.05) is 6.07 Å². The molecule has 0 aliphatic carbocycles. The second kappa shape index (κ2) is 9.01. The van der Waals surface area contributed by atoms with E-state index in [2.05, 4.69) is 20.7 Å². The number of carbonyl (C=O) groups is 1. The average molecular weight is 435 g/mol. The number of rotatable bonds is 5. The van der Waals surface area contributed by atoms with Crippen LogP contribution in [0.15, 0.2) is 47.5 Å². The van der Waals surface area contributed by atoms with Gasteiger partial charge in [0.05, 0.1) is 19.3 Å². The first-order valence-electron chi connectivity index (χ1n) is 10.1. The highest BCUT2D eigenvalue weighted by Gasteiger charge is 2.18. The third-order valence-electron chi connectivity index (χ3n) is 5.25. The topological polar surface area (TPSA) is 99.0 Å². The van der Waals surface area contributed by atoms with Crippen molar-refractivity contribution < 1.29 is 19.0 Å². The molecule has 1 aromatic heterocycles. The Morgan fingerprint density at radius 1 is 1.19 bits per heavy atom. The summed E-state index contributed by atoms with van der Waals surface area (Å²) in [5.41, 5.74) is 4.09. The Balaban J connectivity index is 1.59. The zero-order chi connectivity index (χ0) is 22.7. The van der Waals surface area contributed by atoms with Crippen LogP contribution in [0, 0.1) is 13.8 Å². The van der Waals surface area contributed by atoms with Crippen LogP contribution in [0.5, 0.6) is 17.2 Å². The number of hydrogen-bond acceptors (Lipinski definition) is 6. The lowest BCUT2D eigenvalue weighted by molar-refractivity contribution is 0.0976. The fourth-order valence-electron chi connectivity index (χ4n) is 3.37. The van der Waals surface area contributed by atoms with Crippen molar-refractivity contribution in [2.24, 2.45) is 12.0 Å². The lowest BCUT2D eigenvalue weighted by atomic mass is 10.2. The van der Waals surface area contributed by atoms with Crippen LogP contribution in [0.1, 0.15) is 27.3 Å². The summed E-state index contributed by atoms with van der Waals surface area (Å²) in [6.45, 7) is 4.44. The van der Waals surface area contributed by atoms with E-state index >= 15 is 0 Å². The van der Waals surface area contributed by atoms with Gasteiger partial charge in [0.25, 0.3) is 5.91 Å². The van der Waals surface area contributed by atoms with Gasteiger partial charge in [-0.25, -0.2) is 4.99 Å². The number of anilines is 1. The number of methoxy groups -OCH3 is 1. The summed E-state index contributed by atoms with van der Waals surface area (Å²) in [7, 11) is 3.50. The van der Waals surface area contributed by atoms with E-state index in [1.807, 2.05) is 49.8 Å². The average Bonchev–Trinajstić information content (AvgIpc) is 3.35. The predicted molar refractivity (Wildman–Crippen MR) is 120 cm³/mol. The van der Waals surface area contributed by atoms with Gasteiger partial charge in [-0.2, -0.15) is 5.10 Å². The molecule has 9 heteroatoms. The van der Waals surface area contributed by atoms with Gasteiger partial charge in [-0.15, -0.1) is 0 Å². The first kappa shape index (κ1) is 21.2. The molecule has 0 bridgehead atoms. The zero-order valence-corrected chi connectivity index (χ0v) is 18.4. The molecule has 0 saturated heterocycles. The highest BCUT2D eigenvalue weighted by atomic mass is 16.7.